The van der Waals surface area contributed by atoms with E-state index in [0.29, 0.717) is 22.6 Å². The van der Waals surface area contributed by atoms with Crippen LogP contribution in [0.3, 0.4) is 0 Å². The molecule has 0 unspecified atom stereocenters. The van der Waals surface area contributed by atoms with Gasteiger partial charge in [-0.25, -0.2) is 14.8 Å². The number of nitrogens with two attached hydrogens (primary N) is 1. The lowest BCUT2D eigenvalue weighted by molar-refractivity contribution is 0.0600. The van der Waals surface area contributed by atoms with Crippen molar-refractivity contribution < 1.29 is 19.0 Å². The molecule has 1 aliphatic rings. The number of anilines is 1. The van der Waals surface area contributed by atoms with Crippen molar-refractivity contribution in [3.63, 3.8) is 0 Å². The van der Waals surface area contributed by atoms with E-state index in [9.17, 15) is 9.59 Å². The molecule has 0 bridgehead atoms. The van der Waals surface area contributed by atoms with Gasteiger partial charge >= 0.3 is 5.97 Å². The zero-order chi connectivity index (χ0) is 23.2. The average Bonchev–Trinajstić information content (AvgIpc) is 3.58. The van der Waals surface area contributed by atoms with Crippen molar-refractivity contribution in [2.45, 2.75) is 5.75 Å². The number of aliphatic imine (C=N–C) groups is 1. The largest absolute Gasteiger partial charge is 0.465 e. The first-order valence-corrected chi connectivity index (χ1v) is 11.4. The number of nitrogens with one attached hydrogen (secondary N) is 1. The zero-order valence-electron chi connectivity index (χ0n) is 17.2. The summed E-state index contributed by atoms with van der Waals surface area (Å²) >= 11 is 3.09. The van der Waals surface area contributed by atoms with E-state index in [0.717, 1.165) is 16.7 Å². The third-order valence-electron chi connectivity index (χ3n) is 4.28. The summed E-state index contributed by atoms with van der Waals surface area (Å²) in [5, 5.41) is 19.2. The van der Waals surface area contributed by atoms with E-state index >= 15 is 0 Å². The first kappa shape index (κ1) is 22.5. The predicted octanol–water partition coefficient (Wildman–Crippen LogP) is 1.12. The fraction of sp³-hybridized carbons (Fsp3) is 0.222. The van der Waals surface area contributed by atoms with Gasteiger partial charge in [0.05, 0.1) is 31.1 Å². The van der Waals surface area contributed by atoms with Crippen LogP contribution in [0, 0.1) is 0 Å². The number of hydrogen-bond donors (Lipinski definition) is 2. The Morgan fingerprint density at radius 3 is 2.85 bits per heavy atom. The first-order valence-electron chi connectivity index (χ1n) is 9.41. The Bertz CT molecular complexity index is 1220. The fourth-order valence-electron chi connectivity index (χ4n) is 2.69. The number of thioether (sulfide) groups is 2. The second kappa shape index (κ2) is 10.3. The second-order valence-electron chi connectivity index (χ2n) is 6.37. The number of methoxy groups -OCH3 is 1. The number of benzene rings is 1. The number of nitrogens with zero attached hydrogens (tertiary/aromatic N) is 7. The molecule has 33 heavy (non-hydrogen) atoms. The van der Waals surface area contributed by atoms with Gasteiger partial charge in [0.1, 0.15) is 4.38 Å². The Morgan fingerprint density at radius 2 is 2.18 bits per heavy atom. The highest BCUT2D eigenvalue weighted by molar-refractivity contribution is 8.38. The number of rotatable bonds is 7. The summed E-state index contributed by atoms with van der Waals surface area (Å²) in [5.74, 6) is 0.391. The maximum atomic E-state index is 12.8. The van der Waals surface area contributed by atoms with Crippen LogP contribution in [0.2, 0.25) is 0 Å². The van der Waals surface area contributed by atoms with Crippen molar-refractivity contribution >= 4 is 51.8 Å². The monoisotopic (exact) mass is 487 g/mol. The Balaban J connectivity index is 1.50. The maximum absolute atomic E-state index is 12.8. The van der Waals surface area contributed by atoms with Crippen LogP contribution in [0.4, 0.5) is 5.82 Å². The molecular formula is C18H17N9O4S2. The van der Waals surface area contributed by atoms with Crippen LogP contribution >= 0.6 is 23.5 Å². The molecule has 3 aromatic rings. The first-order chi connectivity index (χ1) is 16.1. The molecule has 170 valence electrons. The molecule has 13 nitrogen and oxygen atoms in total. The Kier molecular flexibility index (Phi) is 6.99. The summed E-state index contributed by atoms with van der Waals surface area (Å²) in [6.45, 7) is 0.757. The zero-order valence-corrected chi connectivity index (χ0v) is 18.8. The molecule has 15 heteroatoms. The van der Waals surface area contributed by atoms with Gasteiger partial charge in [0.25, 0.3) is 5.91 Å². The molecular weight excluding hydrogens is 470 g/mol. The molecule has 0 fully saturated rings. The third-order valence-corrected chi connectivity index (χ3v) is 6.54. The number of carbonyl (C=O) groups is 2. The highest BCUT2D eigenvalue weighted by atomic mass is 32.2. The maximum Gasteiger partial charge on any atom is 0.337 e. The highest BCUT2D eigenvalue weighted by Gasteiger charge is 2.24. The van der Waals surface area contributed by atoms with Gasteiger partial charge in [0.15, 0.2) is 5.69 Å². The molecule has 0 atom stereocenters. The van der Waals surface area contributed by atoms with E-state index in [4.69, 9.17) is 5.73 Å². The molecule has 1 aliphatic heterocycles. The highest BCUT2D eigenvalue weighted by Crippen LogP contribution is 2.27. The van der Waals surface area contributed by atoms with Gasteiger partial charge in [0.2, 0.25) is 11.6 Å². The van der Waals surface area contributed by atoms with Gasteiger partial charge in [-0.3, -0.25) is 9.79 Å². The smallest absolute Gasteiger partial charge is 0.337 e. The molecule has 0 saturated heterocycles. The third kappa shape index (κ3) is 5.20. The minimum Gasteiger partial charge on any atom is -0.465 e. The lowest BCUT2D eigenvalue weighted by atomic mass is 10.1. The lowest BCUT2D eigenvalue weighted by Gasteiger charge is -2.05. The Labute approximate surface area is 195 Å². The summed E-state index contributed by atoms with van der Waals surface area (Å²) in [5.41, 5.74) is 9.77. The van der Waals surface area contributed by atoms with Crippen LogP contribution in [0.15, 0.2) is 39.0 Å². The molecule has 0 saturated carbocycles. The fourth-order valence-corrected chi connectivity index (χ4v) is 4.69. The summed E-state index contributed by atoms with van der Waals surface area (Å²) < 4.78 is 11.5. The predicted molar refractivity (Wildman–Crippen MR) is 123 cm³/mol. The molecule has 0 radical (unpaired) electrons. The number of amides is 1. The number of esters is 1. The Hall–Kier alpha value is -3.72. The molecule has 1 amide bonds. The number of aromatic nitrogens is 5. The minimum atomic E-state index is -0.574. The normalized spacial score (nSPS) is 13.3. The molecule has 1 aromatic carbocycles. The number of hydrazone groups is 1. The van der Waals surface area contributed by atoms with Crippen molar-refractivity contribution in [2.24, 2.45) is 10.1 Å². The van der Waals surface area contributed by atoms with Crippen LogP contribution < -0.4 is 11.2 Å². The average molecular weight is 488 g/mol. The van der Waals surface area contributed by atoms with Crippen LogP contribution in [-0.2, 0) is 10.5 Å². The van der Waals surface area contributed by atoms with Crippen molar-refractivity contribution in [3.05, 3.63) is 46.8 Å². The van der Waals surface area contributed by atoms with Crippen molar-refractivity contribution in [3.8, 4) is 5.82 Å². The summed E-state index contributed by atoms with van der Waals surface area (Å²) in [6, 6.07) is 6.52. The standard InChI is InChI=1S/C18H17N9O4S2/c1-30-17(29)11-4-2-10(3-5-11)8-21-23-16(28)13-12(9-33-18-20-6-7-32-18)27(26-22-13)15-14(19)24-31-25-15/h2-5,8H,6-7,9H2,1H3,(H2,19,24)(H,23,28)/b21-8+. The van der Waals surface area contributed by atoms with Crippen molar-refractivity contribution in [1.82, 2.24) is 30.7 Å². The SMILES string of the molecule is COC(=O)c1ccc(/C=N/NC(=O)c2nnn(-c3nonc3N)c2CSC2=NCCS2)cc1. The van der Waals surface area contributed by atoms with Crippen LogP contribution in [0.1, 0.15) is 32.1 Å². The van der Waals surface area contributed by atoms with Gasteiger partial charge in [-0.15, -0.1) is 5.10 Å². The van der Waals surface area contributed by atoms with Gasteiger partial charge < -0.3 is 10.5 Å². The summed E-state index contributed by atoms with van der Waals surface area (Å²) in [7, 11) is 1.31. The van der Waals surface area contributed by atoms with Gasteiger partial charge in [-0.2, -0.15) is 9.78 Å². The lowest BCUT2D eigenvalue weighted by Crippen LogP contribution is -2.20. The quantitative estimate of drug-likeness (QED) is 0.277. The van der Waals surface area contributed by atoms with E-state index in [1.54, 1.807) is 36.0 Å². The molecule has 0 spiro atoms. The van der Waals surface area contributed by atoms with E-state index in [-0.39, 0.29) is 17.3 Å². The van der Waals surface area contributed by atoms with E-state index in [1.165, 1.54) is 29.8 Å². The van der Waals surface area contributed by atoms with Gasteiger partial charge in [-0.1, -0.05) is 40.9 Å². The van der Waals surface area contributed by atoms with Gasteiger partial charge in [-0.05, 0) is 28.0 Å². The summed E-state index contributed by atoms with van der Waals surface area (Å²) in [6.07, 6.45) is 1.43. The van der Waals surface area contributed by atoms with Crippen LogP contribution in [0.5, 0.6) is 0 Å². The van der Waals surface area contributed by atoms with Crippen LogP contribution in [-0.4, -0.2) is 67.2 Å². The number of hydrogen-bond acceptors (Lipinski definition) is 13. The molecule has 0 aliphatic carbocycles. The summed E-state index contributed by atoms with van der Waals surface area (Å²) in [4.78, 5) is 28.7. The van der Waals surface area contributed by atoms with Crippen LogP contribution in [0.25, 0.3) is 5.82 Å². The van der Waals surface area contributed by atoms with E-state index < -0.39 is 11.9 Å². The molecule has 3 N–H and O–H groups in total. The van der Waals surface area contributed by atoms with Crippen molar-refractivity contribution in [1.29, 1.82) is 0 Å². The number of ether oxygens (including phenoxy) is 1. The van der Waals surface area contributed by atoms with Gasteiger partial charge in [0, 0.05) is 11.5 Å². The Morgan fingerprint density at radius 1 is 1.36 bits per heavy atom. The number of nitrogen functional groups attached to an aromatic ring is 1. The topological polar surface area (TPSA) is 176 Å². The van der Waals surface area contributed by atoms with Crippen molar-refractivity contribution in [2.75, 3.05) is 25.1 Å². The molecule has 2 aromatic heterocycles. The molecule has 3 heterocycles. The van der Waals surface area contributed by atoms with E-state index in [1.807, 2.05) is 0 Å². The second-order valence-corrected chi connectivity index (χ2v) is 8.67. The number of carbonyl (C=O) groups excluding carboxylic acids is 2. The molecule has 4 rings (SSSR count). The minimum absolute atomic E-state index is 0.0131. The van der Waals surface area contributed by atoms with E-state index in [2.05, 4.69) is 45.5 Å².